The zero-order valence-electron chi connectivity index (χ0n) is 12.0. The zero-order chi connectivity index (χ0) is 15.8. The van der Waals surface area contributed by atoms with Gasteiger partial charge in [0.25, 0.3) is 0 Å². The highest BCUT2D eigenvalue weighted by atomic mass is 32.1. The van der Waals surface area contributed by atoms with E-state index in [9.17, 15) is 4.39 Å². The van der Waals surface area contributed by atoms with Crippen LogP contribution in [-0.2, 0) is 0 Å². The van der Waals surface area contributed by atoms with Gasteiger partial charge in [0.1, 0.15) is 11.6 Å². The Balaban J connectivity index is 1.83. The number of benzene rings is 2. The quantitative estimate of drug-likeness (QED) is 0.503. The van der Waals surface area contributed by atoms with Crippen molar-refractivity contribution >= 4 is 29.2 Å². The minimum absolute atomic E-state index is 0.294. The van der Waals surface area contributed by atoms with E-state index >= 15 is 0 Å². The van der Waals surface area contributed by atoms with Crippen LogP contribution >= 0.6 is 12.2 Å². The summed E-state index contributed by atoms with van der Waals surface area (Å²) in [5.41, 5.74) is 4.31. The van der Waals surface area contributed by atoms with Crippen molar-refractivity contribution in [2.24, 2.45) is 5.10 Å². The van der Waals surface area contributed by atoms with E-state index in [0.717, 1.165) is 11.3 Å². The first kappa shape index (κ1) is 15.9. The van der Waals surface area contributed by atoms with Gasteiger partial charge in [-0.1, -0.05) is 0 Å². The molecule has 0 aliphatic heterocycles. The van der Waals surface area contributed by atoms with Gasteiger partial charge >= 0.3 is 0 Å². The van der Waals surface area contributed by atoms with Gasteiger partial charge in [0, 0.05) is 5.69 Å². The predicted octanol–water partition coefficient (Wildman–Crippen LogP) is 3.54. The fourth-order valence-corrected chi connectivity index (χ4v) is 1.85. The lowest BCUT2D eigenvalue weighted by Gasteiger charge is -2.06. The third-order valence-electron chi connectivity index (χ3n) is 2.67. The van der Waals surface area contributed by atoms with E-state index in [2.05, 4.69) is 15.8 Å². The highest BCUT2D eigenvalue weighted by Crippen LogP contribution is 2.10. The SMILES string of the molecule is CCOc1ccc(C=NNC(=S)Nc2ccc(F)cc2)cc1. The number of hydrogen-bond acceptors (Lipinski definition) is 3. The van der Waals surface area contributed by atoms with E-state index in [0.29, 0.717) is 17.4 Å². The van der Waals surface area contributed by atoms with Crippen LogP contribution in [0.25, 0.3) is 0 Å². The molecule has 0 aromatic heterocycles. The molecule has 0 spiro atoms. The first-order chi connectivity index (χ1) is 10.7. The maximum atomic E-state index is 12.8. The molecule has 2 rings (SSSR count). The number of halogens is 1. The molecule has 0 atom stereocenters. The lowest BCUT2D eigenvalue weighted by atomic mass is 10.2. The highest BCUT2D eigenvalue weighted by Gasteiger charge is 1.96. The third kappa shape index (κ3) is 5.14. The van der Waals surface area contributed by atoms with Crippen molar-refractivity contribution in [1.82, 2.24) is 5.43 Å². The Hall–Kier alpha value is -2.47. The maximum Gasteiger partial charge on any atom is 0.191 e. The van der Waals surface area contributed by atoms with Gasteiger partial charge in [0.05, 0.1) is 12.8 Å². The molecule has 0 saturated carbocycles. The normalized spacial score (nSPS) is 10.5. The molecule has 0 fully saturated rings. The van der Waals surface area contributed by atoms with Crippen LogP contribution in [0.5, 0.6) is 5.75 Å². The number of nitrogens with zero attached hydrogens (tertiary/aromatic N) is 1. The number of rotatable bonds is 5. The smallest absolute Gasteiger partial charge is 0.191 e. The second-order valence-corrected chi connectivity index (χ2v) is 4.74. The molecule has 0 bridgehead atoms. The molecule has 0 heterocycles. The van der Waals surface area contributed by atoms with Crippen LogP contribution in [0.1, 0.15) is 12.5 Å². The van der Waals surface area contributed by atoms with Crippen molar-refractivity contribution < 1.29 is 9.13 Å². The molecule has 0 amide bonds. The number of ether oxygens (including phenoxy) is 1. The van der Waals surface area contributed by atoms with E-state index in [4.69, 9.17) is 17.0 Å². The summed E-state index contributed by atoms with van der Waals surface area (Å²) in [6.07, 6.45) is 1.65. The highest BCUT2D eigenvalue weighted by molar-refractivity contribution is 7.80. The number of anilines is 1. The molecular weight excluding hydrogens is 301 g/mol. The van der Waals surface area contributed by atoms with Gasteiger partial charge in [0.2, 0.25) is 0 Å². The molecule has 22 heavy (non-hydrogen) atoms. The largest absolute Gasteiger partial charge is 0.494 e. The summed E-state index contributed by atoms with van der Waals surface area (Å²) in [5, 5.41) is 7.27. The fourth-order valence-electron chi connectivity index (χ4n) is 1.67. The Morgan fingerprint density at radius 3 is 2.50 bits per heavy atom. The maximum absolute atomic E-state index is 12.8. The molecular formula is C16H16FN3OS. The monoisotopic (exact) mass is 317 g/mol. The molecule has 4 nitrogen and oxygen atoms in total. The summed E-state index contributed by atoms with van der Waals surface area (Å²) < 4.78 is 18.1. The lowest BCUT2D eigenvalue weighted by molar-refractivity contribution is 0.340. The van der Waals surface area contributed by atoms with Crippen molar-refractivity contribution in [3.8, 4) is 5.75 Å². The molecule has 2 aromatic rings. The minimum Gasteiger partial charge on any atom is -0.494 e. The topological polar surface area (TPSA) is 45.6 Å². The predicted molar refractivity (Wildman–Crippen MR) is 91.0 cm³/mol. The second kappa shape index (κ2) is 8.09. The molecule has 2 N–H and O–H groups in total. The standard InChI is InChI=1S/C16H16FN3OS/c1-2-21-15-9-3-12(4-10-15)11-18-20-16(22)19-14-7-5-13(17)6-8-14/h3-11H,2H2,1H3,(H2,19,20,22). The van der Waals surface area contributed by atoms with Crippen LogP contribution < -0.4 is 15.5 Å². The molecule has 114 valence electrons. The number of hydrazone groups is 1. The summed E-state index contributed by atoms with van der Waals surface area (Å²) in [7, 11) is 0. The summed E-state index contributed by atoms with van der Waals surface area (Å²) in [4.78, 5) is 0. The summed E-state index contributed by atoms with van der Waals surface area (Å²) in [6, 6.07) is 13.4. The first-order valence-electron chi connectivity index (χ1n) is 6.76. The first-order valence-corrected chi connectivity index (χ1v) is 7.16. The van der Waals surface area contributed by atoms with E-state index in [1.807, 2.05) is 31.2 Å². The minimum atomic E-state index is -0.294. The van der Waals surface area contributed by atoms with Crippen molar-refractivity contribution in [2.45, 2.75) is 6.92 Å². The molecule has 0 saturated heterocycles. The van der Waals surface area contributed by atoms with Crippen molar-refractivity contribution in [3.63, 3.8) is 0 Å². The van der Waals surface area contributed by atoms with Crippen LogP contribution in [0.2, 0.25) is 0 Å². The number of hydrogen-bond donors (Lipinski definition) is 2. The Morgan fingerprint density at radius 1 is 1.18 bits per heavy atom. The van der Waals surface area contributed by atoms with E-state index in [1.165, 1.54) is 12.1 Å². The van der Waals surface area contributed by atoms with Gasteiger partial charge in [-0.05, 0) is 73.2 Å². The molecule has 0 radical (unpaired) electrons. The summed E-state index contributed by atoms with van der Waals surface area (Å²) >= 11 is 5.09. The van der Waals surface area contributed by atoms with Crippen LogP contribution in [0.4, 0.5) is 10.1 Å². The zero-order valence-corrected chi connectivity index (χ0v) is 12.9. The molecule has 0 aliphatic rings. The second-order valence-electron chi connectivity index (χ2n) is 4.33. The van der Waals surface area contributed by atoms with Gasteiger partial charge in [0.15, 0.2) is 5.11 Å². The fraction of sp³-hybridized carbons (Fsp3) is 0.125. The van der Waals surface area contributed by atoms with Crippen LogP contribution in [-0.4, -0.2) is 17.9 Å². The molecule has 0 aliphatic carbocycles. The Bertz CT molecular complexity index is 641. The van der Waals surface area contributed by atoms with E-state index in [-0.39, 0.29) is 5.82 Å². The molecule has 6 heteroatoms. The van der Waals surface area contributed by atoms with Crippen molar-refractivity contribution in [2.75, 3.05) is 11.9 Å². The summed E-state index contributed by atoms with van der Waals surface area (Å²) in [5.74, 6) is 0.527. The number of nitrogens with one attached hydrogen (secondary N) is 2. The number of thiocarbonyl (C=S) groups is 1. The Morgan fingerprint density at radius 2 is 1.86 bits per heavy atom. The molecule has 0 unspecified atom stereocenters. The van der Waals surface area contributed by atoms with Crippen molar-refractivity contribution in [1.29, 1.82) is 0 Å². The van der Waals surface area contributed by atoms with Gasteiger partial charge in [-0.2, -0.15) is 5.10 Å². The van der Waals surface area contributed by atoms with Gasteiger partial charge in [-0.3, -0.25) is 5.43 Å². The average molecular weight is 317 g/mol. The van der Waals surface area contributed by atoms with E-state index < -0.39 is 0 Å². The van der Waals surface area contributed by atoms with Crippen LogP contribution in [0.3, 0.4) is 0 Å². The van der Waals surface area contributed by atoms with Crippen molar-refractivity contribution in [3.05, 3.63) is 59.9 Å². The summed E-state index contributed by atoms with van der Waals surface area (Å²) in [6.45, 7) is 2.58. The third-order valence-corrected chi connectivity index (χ3v) is 2.87. The van der Waals surface area contributed by atoms with Gasteiger partial charge < -0.3 is 10.1 Å². The molecule has 2 aromatic carbocycles. The van der Waals surface area contributed by atoms with Gasteiger partial charge in [-0.25, -0.2) is 4.39 Å². The van der Waals surface area contributed by atoms with Crippen LogP contribution in [0.15, 0.2) is 53.6 Å². The Kier molecular flexibility index (Phi) is 5.85. The average Bonchev–Trinajstić information content (AvgIpc) is 2.52. The lowest BCUT2D eigenvalue weighted by Crippen LogP contribution is -2.23. The van der Waals surface area contributed by atoms with Gasteiger partial charge in [-0.15, -0.1) is 0 Å². The van der Waals surface area contributed by atoms with E-state index in [1.54, 1.807) is 18.3 Å². The Labute approximate surface area is 134 Å². The van der Waals surface area contributed by atoms with Crippen LogP contribution in [0, 0.1) is 5.82 Å².